The Morgan fingerprint density at radius 1 is 1.26 bits per heavy atom. The summed E-state index contributed by atoms with van der Waals surface area (Å²) < 4.78 is 0.584. The molecule has 2 N–H and O–H groups in total. The van der Waals surface area contributed by atoms with Crippen LogP contribution < -0.4 is 5.32 Å². The number of rotatable bonds is 2. The van der Waals surface area contributed by atoms with Crippen molar-refractivity contribution in [3.63, 3.8) is 0 Å². The number of phenols is 1. The summed E-state index contributed by atoms with van der Waals surface area (Å²) in [4.78, 5) is 2.39. The van der Waals surface area contributed by atoms with Crippen molar-refractivity contribution in [1.82, 2.24) is 10.2 Å². The highest BCUT2D eigenvalue weighted by atomic mass is 79.9. The molecule has 0 amide bonds. The van der Waals surface area contributed by atoms with E-state index in [1.54, 1.807) is 6.07 Å². The van der Waals surface area contributed by atoms with Crippen molar-refractivity contribution in [2.75, 3.05) is 26.2 Å². The van der Waals surface area contributed by atoms with Gasteiger partial charge < -0.3 is 10.4 Å². The molecule has 1 saturated heterocycles. The van der Waals surface area contributed by atoms with E-state index in [1.165, 1.54) is 0 Å². The fourth-order valence-corrected chi connectivity index (χ4v) is 3.52. The topological polar surface area (TPSA) is 59.3 Å². The molecule has 1 aromatic carbocycles. The Bertz CT molecular complexity index is 564. The van der Waals surface area contributed by atoms with Crippen molar-refractivity contribution in [1.29, 1.82) is 5.26 Å². The highest BCUT2D eigenvalue weighted by molar-refractivity contribution is 9.10. The number of hydrogen-bond donors (Lipinski definition) is 2. The Morgan fingerprint density at radius 2 is 1.83 bits per heavy atom. The van der Waals surface area contributed by atoms with Gasteiger partial charge in [-0.2, -0.15) is 5.26 Å². The lowest BCUT2D eigenvalue weighted by molar-refractivity contribution is 0.0841. The average molecular weight is 425 g/mol. The van der Waals surface area contributed by atoms with E-state index in [0.717, 1.165) is 31.7 Å². The van der Waals surface area contributed by atoms with Crippen LogP contribution in [0.1, 0.15) is 37.9 Å². The van der Waals surface area contributed by atoms with Gasteiger partial charge in [0, 0.05) is 37.8 Å². The number of aromatic hydroxyl groups is 1. The molecule has 130 valence electrons. The van der Waals surface area contributed by atoms with Gasteiger partial charge in [-0.25, -0.2) is 0 Å². The molecule has 2 rings (SSSR count). The molecule has 0 bridgehead atoms. The van der Waals surface area contributed by atoms with Crippen molar-refractivity contribution in [2.24, 2.45) is 5.41 Å². The monoisotopic (exact) mass is 423 g/mol. The van der Waals surface area contributed by atoms with Crippen LogP contribution in [0.25, 0.3) is 0 Å². The normalized spacial score (nSPS) is 16.7. The predicted octanol–water partition coefficient (Wildman–Crippen LogP) is 3.86. The highest BCUT2D eigenvalue weighted by Crippen LogP contribution is 2.44. The minimum Gasteiger partial charge on any atom is -0.506 e. The maximum atomic E-state index is 10.5. The van der Waals surface area contributed by atoms with Gasteiger partial charge in [0.2, 0.25) is 0 Å². The zero-order chi connectivity index (χ0) is 15.6. The maximum absolute atomic E-state index is 10.5. The quantitative estimate of drug-likeness (QED) is 0.756. The Morgan fingerprint density at radius 3 is 2.30 bits per heavy atom. The molecule has 0 spiro atoms. The molecule has 0 radical (unpaired) electrons. The summed E-state index contributed by atoms with van der Waals surface area (Å²) in [5.74, 6) is 0.243. The summed E-state index contributed by atoms with van der Waals surface area (Å²) in [7, 11) is 0. The van der Waals surface area contributed by atoms with Gasteiger partial charge in [-0.05, 0) is 33.5 Å². The van der Waals surface area contributed by atoms with Gasteiger partial charge in [0.15, 0.2) is 0 Å². The van der Waals surface area contributed by atoms with Gasteiger partial charge in [0.1, 0.15) is 5.75 Å². The number of phenolic OH excluding ortho intramolecular Hbond substituents is 1. The first-order chi connectivity index (χ1) is 9.84. The van der Waals surface area contributed by atoms with Crippen molar-refractivity contribution in [2.45, 2.75) is 26.8 Å². The second-order valence-corrected chi connectivity index (χ2v) is 7.42. The molecule has 23 heavy (non-hydrogen) atoms. The van der Waals surface area contributed by atoms with Crippen LogP contribution in [0.3, 0.4) is 0 Å². The van der Waals surface area contributed by atoms with E-state index < -0.39 is 0 Å². The molecule has 0 saturated carbocycles. The lowest BCUT2D eigenvalue weighted by Crippen LogP contribution is -2.48. The fraction of sp³-hybridized carbons (Fsp3) is 0.562. The summed E-state index contributed by atoms with van der Waals surface area (Å²) in [6.07, 6.45) is 0. The summed E-state index contributed by atoms with van der Waals surface area (Å²) in [5, 5.41) is 23.0. The van der Waals surface area contributed by atoms with Gasteiger partial charge in [-0.1, -0.05) is 20.8 Å². The third-order valence-electron chi connectivity index (χ3n) is 3.85. The molecule has 1 aliphatic rings. The maximum Gasteiger partial charge on any atom is 0.134 e. The van der Waals surface area contributed by atoms with Crippen molar-refractivity contribution < 1.29 is 5.11 Å². The largest absolute Gasteiger partial charge is 0.506 e. The first kappa shape index (κ1) is 22.5. The third kappa shape index (κ3) is 5.23. The van der Waals surface area contributed by atoms with E-state index in [9.17, 15) is 10.4 Å². The van der Waals surface area contributed by atoms with Crippen LogP contribution in [-0.4, -0.2) is 36.2 Å². The van der Waals surface area contributed by atoms with Crippen LogP contribution in [0, 0.1) is 16.7 Å². The smallest absolute Gasteiger partial charge is 0.134 e. The Balaban J connectivity index is 0.00000242. The van der Waals surface area contributed by atoms with Crippen LogP contribution in [0.2, 0.25) is 0 Å². The van der Waals surface area contributed by atoms with Crippen molar-refractivity contribution in [3.8, 4) is 11.8 Å². The molecule has 4 nitrogen and oxygen atoms in total. The van der Waals surface area contributed by atoms with Crippen molar-refractivity contribution >= 4 is 40.7 Å². The third-order valence-corrected chi connectivity index (χ3v) is 4.46. The molecule has 1 aromatic rings. The molecule has 7 heteroatoms. The number of piperazine rings is 1. The molecule has 1 fully saturated rings. The number of nitrogens with one attached hydrogen (secondary N) is 1. The van der Waals surface area contributed by atoms with E-state index in [1.807, 2.05) is 6.07 Å². The molecule has 0 aromatic heterocycles. The van der Waals surface area contributed by atoms with Gasteiger partial charge in [0.05, 0.1) is 16.1 Å². The van der Waals surface area contributed by atoms with Gasteiger partial charge >= 0.3 is 0 Å². The number of nitriles is 1. The van der Waals surface area contributed by atoms with Gasteiger partial charge in [-0.15, -0.1) is 24.8 Å². The molecule has 1 aliphatic heterocycles. The number of benzene rings is 1. The minimum absolute atomic E-state index is 0. The van der Waals surface area contributed by atoms with Crippen LogP contribution in [0.4, 0.5) is 0 Å². The van der Waals surface area contributed by atoms with E-state index in [2.05, 4.69) is 53.0 Å². The summed E-state index contributed by atoms with van der Waals surface area (Å²) in [6, 6.07) is 5.73. The molecule has 1 atom stereocenters. The molecule has 0 aliphatic carbocycles. The van der Waals surface area contributed by atoms with Crippen LogP contribution in [0.15, 0.2) is 16.6 Å². The molecular formula is C16H24BrCl2N3O. The van der Waals surface area contributed by atoms with Crippen LogP contribution in [-0.2, 0) is 0 Å². The summed E-state index contributed by atoms with van der Waals surface area (Å²) in [6.45, 7) is 10.3. The Hall–Kier alpha value is -0.510. The second-order valence-electron chi connectivity index (χ2n) is 6.56. The number of nitrogens with zero attached hydrogens (tertiary/aromatic N) is 2. The first-order valence-electron chi connectivity index (χ1n) is 7.22. The zero-order valence-electron chi connectivity index (χ0n) is 13.6. The fourth-order valence-electron chi connectivity index (χ4n) is 3.04. The van der Waals surface area contributed by atoms with E-state index in [4.69, 9.17) is 0 Å². The summed E-state index contributed by atoms with van der Waals surface area (Å²) >= 11 is 3.36. The van der Waals surface area contributed by atoms with E-state index in [-0.39, 0.29) is 42.0 Å². The Kier molecular flexibility index (Phi) is 8.90. The molecular weight excluding hydrogens is 401 g/mol. The van der Waals surface area contributed by atoms with Crippen LogP contribution >= 0.6 is 40.7 Å². The van der Waals surface area contributed by atoms with Gasteiger partial charge in [-0.3, -0.25) is 4.90 Å². The standard InChI is InChI=1S/C16H22BrN3O.2ClH/c1-16(2,3)15(20-6-4-19-5-7-20)12-8-11(10-18)9-13(17)14(12)21;;/h8-9,15,19,21H,4-7H2,1-3H3;2*1H/t15-;;/m0../s1. The lowest BCUT2D eigenvalue weighted by Gasteiger charge is -2.43. The van der Waals surface area contributed by atoms with Gasteiger partial charge in [0.25, 0.3) is 0 Å². The van der Waals surface area contributed by atoms with E-state index >= 15 is 0 Å². The minimum atomic E-state index is -0.0393. The average Bonchev–Trinajstić information content (AvgIpc) is 2.43. The Labute approximate surface area is 159 Å². The zero-order valence-corrected chi connectivity index (χ0v) is 16.8. The first-order valence-corrected chi connectivity index (χ1v) is 8.01. The van der Waals surface area contributed by atoms with Crippen LogP contribution in [0.5, 0.6) is 5.75 Å². The summed E-state index contributed by atoms with van der Waals surface area (Å²) in [5.41, 5.74) is 1.36. The van der Waals surface area contributed by atoms with E-state index in [0.29, 0.717) is 10.0 Å². The second kappa shape index (κ2) is 9.10. The number of hydrogen-bond acceptors (Lipinski definition) is 4. The number of halogens is 3. The molecule has 1 heterocycles. The SMILES string of the molecule is CC(C)(C)[C@H](c1cc(C#N)cc(Br)c1O)N1CCNCC1.Cl.Cl. The predicted molar refractivity (Wildman–Crippen MR) is 102 cm³/mol. The molecule has 0 unspecified atom stereocenters. The van der Waals surface area contributed by atoms with Crippen molar-refractivity contribution in [3.05, 3.63) is 27.7 Å². The highest BCUT2D eigenvalue weighted by Gasteiger charge is 2.35. The lowest BCUT2D eigenvalue weighted by atomic mass is 9.80.